The summed E-state index contributed by atoms with van der Waals surface area (Å²) in [5.74, 6) is 0.825. The molecule has 2 heterocycles. The second kappa shape index (κ2) is 6.17. The van der Waals surface area contributed by atoms with Crippen LogP contribution in [0.2, 0.25) is 5.02 Å². The Morgan fingerprint density at radius 2 is 2.16 bits per heavy atom. The second-order valence-electron chi connectivity index (χ2n) is 4.61. The molecule has 0 atom stereocenters. The first-order valence-electron chi connectivity index (χ1n) is 6.50. The van der Waals surface area contributed by atoms with Crippen LogP contribution in [-0.2, 0) is 13.0 Å². The summed E-state index contributed by atoms with van der Waals surface area (Å²) in [6.07, 6.45) is 3.85. The number of aromatic nitrogens is 3. The summed E-state index contributed by atoms with van der Waals surface area (Å²) in [4.78, 5) is 4.64. The molecule has 102 valence electrons. The van der Waals surface area contributed by atoms with E-state index in [0.717, 1.165) is 36.6 Å². The fourth-order valence-electron chi connectivity index (χ4n) is 2.00. The van der Waals surface area contributed by atoms with E-state index in [4.69, 9.17) is 11.6 Å². The third-order valence-electron chi connectivity index (χ3n) is 2.89. The van der Waals surface area contributed by atoms with Crippen molar-refractivity contribution < 1.29 is 0 Å². The van der Waals surface area contributed by atoms with Gasteiger partial charge in [0.25, 0.3) is 0 Å². The third kappa shape index (κ3) is 3.33. The van der Waals surface area contributed by atoms with Gasteiger partial charge in [0.05, 0.1) is 16.9 Å². The number of rotatable bonds is 5. The van der Waals surface area contributed by atoms with Crippen LogP contribution < -0.4 is 5.32 Å². The van der Waals surface area contributed by atoms with Crippen LogP contribution in [0.4, 0.5) is 0 Å². The summed E-state index contributed by atoms with van der Waals surface area (Å²) in [7, 11) is 1.94. The van der Waals surface area contributed by atoms with Crippen molar-refractivity contribution in [2.45, 2.75) is 33.2 Å². The predicted octanol–water partition coefficient (Wildman–Crippen LogP) is 2.90. The van der Waals surface area contributed by atoms with Crippen molar-refractivity contribution in [2.24, 2.45) is 0 Å². The molecule has 0 unspecified atom stereocenters. The summed E-state index contributed by atoms with van der Waals surface area (Å²) < 4.78 is 1.75. The van der Waals surface area contributed by atoms with Crippen LogP contribution in [0.25, 0.3) is 5.82 Å². The quantitative estimate of drug-likeness (QED) is 0.914. The molecule has 0 aliphatic heterocycles. The fourth-order valence-corrected chi connectivity index (χ4v) is 2.13. The zero-order chi connectivity index (χ0) is 13.8. The topological polar surface area (TPSA) is 42.7 Å². The number of hydrogen-bond donors (Lipinski definition) is 1. The molecule has 0 radical (unpaired) electrons. The normalized spacial score (nSPS) is 10.9. The van der Waals surface area contributed by atoms with Crippen molar-refractivity contribution in [3.05, 3.63) is 40.3 Å². The molecule has 0 saturated carbocycles. The SMILES string of the molecule is CCCc1cc(CNC)cc(-n2cc(Cl)c(C)n2)n1. The van der Waals surface area contributed by atoms with Gasteiger partial charge in [-0.05, 0) is 38.1 Å². The first-order chi connectivity index (χ1) is 9.13. The smallest absolute Gasteiger partial charge is 0.153 e. The Bertz CT molecular complexity index is 519. The molecule has 2 aromatic rings. The minimum Gasteiger partial charge on any atom is -0.316 e. The van der Waals surface area contributed by atoms with Crippen molar-refractivity contribution in [2.75, 3.05) is 7.05 Å². The number of nitrogens with zero attached hydrogens (tertiary/aromatic N) is 3. The van der Waals surface area contributed by atoms with Gasteiger partial charge in [-0.3, -0.25) is 0 Å². The van der Waals surface area contributed by atoms with Crippen LogP contribution in [0.1, 0.15) is 30.3 Å². The molecule has 0 aliphatic carbocycles. The molecular weight excluding hydrogens is 260 g/mol. The van der Waals surface area contributed by atoms with Gasteiger partial charge >= 0.3 is 0 Å². The number of pyridine rings is 1. The highest BCUT2D eigenvalue weighted by atomic mass is 35.5. The zero-order valence-corrected chi connectivity index (χ0v) is 12.3. The maximum Gasteiger partial charge on any atom is 0.153 e. The standard InChI is InChI=1S/C14H19ClN4/c1-4-5-12-6-11(8-16-3)7-14(17-12)19-9-13(15)10(2)18-19/h6-7,9,16H,4-5,8H2,1-3H3. The number of hydrogen-bond acceptors (Lipinski definition) is 3. The lowest BCUT2D eigenvalue weighted by Gasteiger charge is -2.08. The Morgan fingerprint density at radius 3 is 2.74 bits per heavy atom. The molecule has 19 heavy (non-hydrogen) atoms. The molecule has 0 aromatic carbocycles. The van der Waals surface area contributed by atoms with Gasteiger partial charge in [0.1, 0.15) is 0 Å². The molecule has 1 N–H and O–H groups in total. The van der Waals surface area contributed by atoms with Gasteiger partial charge in [-0.1, -0.05) is 24.9 Å². The maximum atomic E-state index is 6.06. The largest absolute Gasteiger partial charge is 0.316 e. The van der Waals surface area contributed by atoms with Crippen LogP contribution in [-0.4, -0.2) is 21.8 Å². The Kier molecular flexibility index (Phi) is 4.56. The van der Waals surface area contributed by atoms with Crippen LogP contribution in [0.5, 0.6) is 0 Å². The predicted molar refractivity (Wildman–Crippen MR) is 77.9 cm³/mol. The highest BCUT2D eigenvalue weighted by molar-refractivity contribution is 6.31. The summed E-state index contributed by atoms with van der Waals surface area (Å²) in [5.41, 5.74) is 3.12. The van der Waals surface area contributed by atoms with E-state index < -0.39 is 0 Å². The molecular formula is C14H19ClN4. The number of halogens is 1. The van der Waals surface area contributed by atoms with E-state index in [1.54, 1.807) is 10.9 Å². The van der Waals surface area contributed by atoms with E-state index in [9.17, 15) is 0 Å². The van der Waals surface area contributed by atoms with E-state index >= 15 is 0 Å². The van der Waals surface area contributed by atoms with Gasteiger partial charge < -0.3 is 5.32 Å². The second-order valence-corrected chi connectivity index (χ2v) is 5.02. The zero-order valence-electron chi connectivity index (χ0n) is 11.6. The molecule has 0 amide bonds. The third-order valence-corrected chi connectivity index (χ3v) is 3.26. The van der Waals surface area contributed by atoms with E-state index in [1.807, 2.05) is 20.0 Å². The highest BCUT2D eigenvalue weighted by Gasteiger charge is 2.08. The minimum atomic E-state index is 0.665. The molecule has 0 fully saturated rings. The molecule has 0 saturated heterocycles. The van der Waals surface area contributed by atoms with Crippen LogP contribution >= 0.6 is 11.6 Å². The van der Waals surface area contributed by atoms with Gasteiger partial charge in [0, 0.05) is 12.2 Å². The van der Waals surface area contributed by atoms with Gasteiger partial charge in [-0.15, -0.1) is 0 Å². The first kappa shape index (κ1) is 14.0. The van der Waals surface area contributed by atoms with Gasteiger partial charge in [0.2, 0.25) is 0 Å². The molecule has 2 rings (SSSR count). The van der Waals surface area contributed by atoms with Gasteiger partial charge in [-0.2, -0.15) is 5.10 Å². The van der Waals surface area contributed by atoms with E-state index in [2.05, 4.69) is 28.4 Å². The van der Waals surface area contributed by atoms with Gasteiger partial charge in [-0.25, -0.2) is 9.67 Å². The van der Waals surface area contributed by atoms with Crippen LogP contribution in [0.15, 0.2) is 18.3 Å². The van der Waals surface area contributed by atoms with Crippen LogP contribution in [0.3, 0.4) is 0 Å². The molecule has 0 bridgehead atoms. The molecule has 5 heteroatoms. The van der Waals surface area contributed by atoms with Crippen molar-refractivity contribution in [3.63, 3.8) is 0 Å². The highest BCUT2D eigenvalue weighted by Crippen LogP contribution is 2.17. The maximum absolute atomic E-state index is 6.06. The molecule has 2 aromatic heterocycles. The van der Waals surface area contributed by atoms with Crippen LogP contribution in [0, 0.1) is 6.92 Å². The fraction of sp³-hybridized carbons (Fsp3) is 0.429. The Balaban J connectivity index is 2.42. The van der Waals surface area contributed by atoms with Gasteiger partial charge in [0.15, 0.2) is 5.82 Å². The van der Waals surface area contributed by atoms with E-state index in [0.29, 0.717) is 5.02 Å². The number of aryl methyl sites for hydroxylation is 2. The molecule has 0 aliphatic rings. The first-order valence-corrected chi connectivity index (χ1v) is 6.88. The summed E-state index contributed by atoms with van der Waals surface area (Å²) >= 11 is 6.06. The Hall–Kier alpha value is -1.39. The lowest BCUT2D eigenvalue weighted by molar-refractivity contribution is 0.777. The minimum absolute atomic E-state index is 0.665. The van der Waals surface area contributed by atoms with Crippen molar-refractivity contribution in [1.29, 1.82) is 0 Å². The summed E-state index contributed by atoms with van der Waals surface area (Å²) in [5, 5.41) is 8.21. The van der Waals surface area contributed by atoms with E-state index in [1.165, 1.54) is 5.56 Å². The lowest BCUT2D eigenvalue weighted by atomic mass is 10.1. The summed E-state index contributed by atoms with van der Waals surface area (Å²) in [6.45, 7) is 4.87. The molecule has 0 spiro atoms. The number of nitrogens with one attached hydrogen (secondary N) is 1. The molecule has 4 nitrogen and oxygen atoms in total. The average Bonchev–Trinajstić information content (AvgIpc) is 2.70. The Morgan fingerprint density at radius 1 is 1.37 bits per heavy atom. The van der Waals surface area contributed by atoms with Crippen molar-refractivity contribution in [1.82, 2.24) is 20.1 Å². The van der Waals surface area contributed by atoms with E-state index in [-0.39, 0.29) is 0 Å². The monoisotopic (exact) mass is 278 g/mol. The Labute approximate surface area is 118 Å². The van der Waals surface area contributed by atoms with Crippen molar-refractivity contribution in [3.8, 4) is 5.82 Å². The average molecular weight is 279 g/mol. The summed E-state index contributed by atoms with van der Waals surface area (Å²) in [6, 6.07) is 4.18. The lowest BCUT2D eigenvalue weighted by Crippen LogP contribution is -2.09. The van der Waals surface area contributed by atoms with Crippen molar-refractivity contribution >= 4 is 11.6 Å².